The lowest BCUT2D eigenvalue weighted by Crippen LogP contribution is -2.45. The number of hydrogen-bond donors (Lipinski definition) is 4. The van der Waals surface area contributed by atoms with Crippen molar-refractivity contribution in [3.05, 3.63) is 0 Å². The number of hydrogen-bond acceptors (Lipinski definition) is 9. The summed E-state index contributed by atoms with van der Waals surface area (Å²) in [4.78, 5) is 19.8. The maximum absolute atomic E-state index is 10.7. The first-order valence-corrected chi connectivity index (χ1v) is 8.80. The average molecular weight is 414 g/mol. The van der Waals surface area contributed by atoms with Crippen LogP contribution in [-0.4, -0.2) is 130 Å². The van der Waals surface area contributed by atoms with E-state index in [1.807, 2.05) is 21.1 Å². The number of carboxylic acid groups (broad SMARTS) is 2. The monoisotopic (exact) mass is 413 g/mol. The first kappa shape index (κ1) is 31.4. The molecule has 0 aliphatic heterocycles. The highest BCUT2D eigenvalue weighted by atomic mass is 16.5. The molecule has 0 amide bonds. The van der Waals surface area contributed by atoms with Gasteiger partial charge in [0, 0.05) is 18.9 Å². The summed E-state index contributed by atoms with van der Waals surface area (Å²) in [6.07, 6.45) is -1.26. The summed E-state index contributed by atoms with van der Waals surface area (Å²) in [5, 5.41) is 43.8. The molecule has 1 unspecified atom stereocenters. The summed E-state index contributed by atoms with van der Waals surface area (Å²) in [6.45, 7) is 0.986. The fourth-order valence-electron chi connectivity index (χ4n) is 1.52. The Morgan fingerprint density at radius 3 is 1.61 bits per heavy atom. The van der Waals surface area contributed by atoms with E-state index in [1.54, 1.807) is 0 Å². The number of carbonyl (C=O) groups excluding carboxylic acids is 2. The van der Waals surface area contributed by atoms with E-state index in [0.29, 0.717) is 17.6 Å². The van der Waals surface area contributed by atoms with Crippen LogP contribution in [0.4, 0.5) is 0 Å². The van der Waals surface area contributed by atoms with Crippen molar-refractivity contribution in [3.63, 3.8) is 0 Å². The number of likely N-dealkylation sites (N-methyl/N-ethyl adjacent to an activating group) is 2. The third-order valence-corrected chi connectivity index (χ3v) is 2.85. The van der Waals surface area contributed by atoms with Crippen molar-refractivity contribution in [1.82, 2.24) is 0 Å². The number of aliphatic hydroxyl groups is 3. The van der Waals surface area contributed by atoms with Gasteiger partial charge in [0.15, 0.2) is 0 Å². The van der Waals surface area contributed by atoms with Gasteiger partial charge >= 0.3 is 0 Å². The number of quaternary nitrogens is 2. The number of aliphatic carboxylic acids is 2. The van der Waals surface area contributed by atoms with E-state index in [1.165, 1.54) is 0 Å². The van der Waals surface area contributed by atoms with Gasteiger partial charge in [-0.15, -0.1) is 0 Å². The second-order valence-electron chi connectivity index (χ2n) is 8.15. The van der Waals surface area contributed by atoms with Gasteiger partial charge in [0.25, 0.3) is 0 Å². The molecule has 28 heavy (non-hydrogen) atoms. The van der Waals surface area contributed by atoms with Gasteiger partial charge in [0.2, 0.25) is 0 Å². The van der Waals surface area contributed by atoms with Crippen molar-refractivity contribution in [2.75, 3.05) is 81.7 Å². The lowest BCUT2D eigenvalue weighted by Gasteiger charge is -2.30. The molecule has 0 heterocycles. The molecule has 0 saturated heterocycles. The summed E-state index contributed by atoms with van der Waals surface area (Å²) in [5.74, 6) is -2.27. The first-order chi connectivity index (χ1) is 12.6. The number of nitrogens with two attached hydrogens (primary N) is 1. The number of carbonyl (C=O) groups is 2. The van der Waals surface area contributed by atoms with E-state index >= 15 is 0 Å². The molecule has 1 atom stereocenters. The second kappa shape index (κ2) is 16.6. The van der Waals surface area contributed by atoms with Crippen molar-refractivity contribution < 1.29 is 48.8 Å². The van der Waals surface area contributed by atoms with Gasteiger partial charge in [-0.05, 0) is 0 Å². The molecule has 0 spiro atoms. The van der Waals surface area contributed by atoms with Crippen molar-refractivity contribution >= 4 is 11.9 Å². The summed E-state index contributed by atoms with van der Waals surface area (Å²) in [6, 6.07) is 0. The van der Waals surface area contributed by atoms with Crippen LogP contribution in [0.3, 0.4) is 0 Å². The highest BCUT2D eigenvalue weighted by Gasteiger charge is 2.20. The van der Waals surface area contributed by atoms with Crippen molar-refractivity contribution in [2.24, 2.45) is 5.73 Å². The molecular formula is C17H39N3O8. The lowest BCUT2D eigenvalue weighted by molar-refractivity contribution is -0.876. The van der Waals surface area contributed by atoms with Gasteiger partial charge in [-0.1, -0.05) is 0 Å². The molecule has 0 aromatic rings. The molecule has 0 aromatic heterocycles. The van der Waals surface area contributed by atoms with Crippen LogP contribution >= 0.6 is 0 Å². The largest absolute Gasteiger partial charge is 0.550 e. The molecule has 0 rings (SSSR count). The zero-order valence-corrected chi connectivity index (χ0v) is 18.0. The van der Waals surface area contributed by atoms with Gasteiger partial charge in [-0.25, -0.2) is 0 Å². The van der Waals surface area contributed by atoms with E-state index in [4.69, 9.17) is 30.0 Å². The first-order valence-electron chi connectivity index (χ1n) is 8.80. The lowest BCUT2D eigenvalue weighted by atomic mass is 10.2. The topological polar surface area (TPSA) is 176 Å². The van der Waals surface area contributed by atoms with E-state index in [-0.39, 0.29) is 32.3 Å². The molecule has 0 fully saturated rings. The summed E-state index contributed by atoms with van der Waals surface area (Å²) < 4.78 is 7.14. The highest BCUT2D eigenvalue weighted by Crippen LogP contribution is 2.05. The SMILES string of the molecule is C[N+](C)(C)CCOC(CC(=O)[O-])C[N+](C)(C)C.NCC(=O)[O-].OCC(O)CO. The number of aliphatic hydroxyl groups excluding tert-OH is 3. The molecule has 11 heteroatoms. The molecule has 0 bridgehead atoms. The van der Waals surface area contributed by atoms with Crippen LogP contribution in [0.1, 0.15) is 6.42 Å². The molecule has 0 aromatic carbocycles. The van der Waals surface area contributed by atoms with E-state index in [0.717, 1.165) is 11.0 Å². The van der Waals surface area contributed by atoms with E-state index in [9.17, 15) is 9.90 Å². The number of rotatable bonds is 11. The Hall–Kier alpha value is -1.34. The Morgan fingerprint density at radius 2 is 1.39 bits per heavy atom. The summed E-state index contributed by atoms with van der Waals surface area (Å²) in [7, 11) is 12.3. The molecule has 0 saturated carbocycles. The standard InChI is InChI=1S/C12H27N2O3.C3H8O3.C2H5NO2/c1-13(2,3)7-8-17-11(9-12(15)16)10-14(4,5)6;4-1-3(6)2-5;3-1-2(4)5/h11H,7-10H2,1-6H3;3-6H,1-2H2;1,3H2,(H,4,5)/q+1;;/p-1. The minimum Gasteiger partial charge on any atom is -0.550 e. The molecule has 0 radical (unpaired) electrons. The van der Waals surface area contributed by atoms with E-state index < -0.39 is 18.0 Å². The highest BCUT2D eigenvalue weighted by molar-refractivity contribution is 5.66. The van der Waals surface area contributed by atoms with Crippen LogP contribution in [0.25, 0.3) is 0 Å². The van der Waals surface area contributed by atoms with Crippen LogP contribution in [0, 0.1) is 0 Å². The number of carboxylic acids is 2. The Labute approximate surface area is 167 Å². The Morgan fingerprint density at radius 1 is 0.964 bits per heavy atom. The quantitative estimate of drug-likeness (QED) is 0.241. The van der Waals surface area contributed by atoms with Gasteiger partial charge in [0.1, 0.15) is 25.3 Å². The van der Waals surface area contributed by atoms with Gasteiger partial charge in [-0.3, -0.25) is 0 Å². The van der Waals surface area contributed by atoms with Crippen LogP contribution in [0.2, 0.25) is 0 Å². The maximum atomic E-state index is 10.7. The molecule has 0 aliphatic rings. The van der Waals surface area contributed by atoms with Crippen molar-refractivity contribution in [3.8, 4) is 0 Å². The Kier molecular flexibility index (Phi) is 18.6. The smallest absolute Gasteiger partial charge is 0.112 e. The molecule has 11 nitrogen and oxygen atoms in total. The maximum Gasteiger partial charge on any atom is 0.112 e. The number of ether oxygens (including phenoxy) is 1. The molecule has 0 aliphatic carbocycles. The predicted octanol–water partition coefficient (Wildman–Crippen LogP) is -5.05. The third-order valence-electron chi connectivity index (χ3n) is 2.85. The Bertz CT molecular complexity index is 404. The second-order valence-corrected chi connectivity index (χ2v) is 8.15. The summed E-state index contributed by atoms with van der Waals surface area (Å²) >= 11 is 0. The fourth-order valence-corrected chi connectivity index (χ4v) is 1.52. The van der Waals surface area contributed by atoms with Gasteiger partial charge < -0.3 is 54.6 Å². The Balaban J connectivity index is -0.000000464. The third kappa shape index (κ3) is 32.3. The summed E-state index contributed by atoms with van der Waals surface area (Å²) in [5.41, 5.74) is 4.51. The van der Waals surface area contributed by atoms with Crippen molar-refractivity contribution in [1.29, 1.82) is 0 Å². The van der Waals surface area contributed by atoms with Gasteiger partial charge in [-0.2, -0.15) is 0 Å². The van der Waals surface area contributed by atoms with Crippen LogP contribution < -0.4 is 15.9 Å². The molecule has 5 N–H and O–H groups in total. The fraction of sp³-hybridized carbons (Fsp3) is 0.882. The van der Waals surface area contributed by atoms with Crippen molar-refractivity contribution in [2.45, 2.75) is 18.6 Å². The van der Waals surface area contributed by atoms with E-state index in [2.05, 4.69) is 26.9 Å². The average Bonchev–Trinajstić information content (AvgIpc) is 2.51. The normalized spacial score (nSPS) is 12.4. The molecule has 170 valence electrons. The minimum absolute atomic E-state index is 0.0351. The van der Waals surface area contributed by atoms with Crippen LogP contribution in [-0.2, 0) is 14.3 Å². The molecular weight excluding hydrogens is 374 g/mol. The number of nitrogens with zero attached hydrogens (tertiary/aromatic N) is 2. The van der Waals surface area contributed by atoms with Crippen LogP contribution in [0.5, 0.6) is 0 Å². The zero-order valence-electron chi connectivity index (χ0n) is 18.0. The minimum atomic E-state index is -1.22. The van der Waals surface area contributed by atoms with Gasteiger partial charge in [0.05, 0.1) is 68.1 Å². The zero-order chi connectivity index (χ0) is 23.0. The van der Waals surface area contributed by atoms with Crippen LogP contribution in [0.15, 0.2) is 0 Å². The predicted molar refractivity (Wildman–Crippen MR) is 99.4 cm³/mol.